The summed E-state index contributed by atoms with van der Waals surface area (Å²) in [4.78, 5) is 34.9. The summed E-state index contributed by atoms with van der Waals surface area (Å²) < 4.78 is 1.85. The number of likely N-dealkylation sites (tertiary alicyclic amines) is 2. The number of rotatable bonds is 4. The summed E-state index contributed by atoms with van der Waals surface area (Å²) in [5.41, 5.74) is 7.05. The van der Waals surface area contributed by atoms with Crippen molar-refractivity contribution in [1.82, 2.24) is 19.8 Å². The Balaban J connectivity index is 0. The van der Waals surface area contributed by atoms with Crippen molar-refractivity contribution in [2.75, 3.05) is 46.0 Å². The van der Waals surface area contributed by atoms with Crippen molar-refractivity contribution < 1.29 is 14.7 Å². The van der Waals surface area contributed by atoms with E-state index in [1.807, 2.05) is 13.1 Å². The standard InChI is InChI=1S/C13H17BrN2O.C7H13NO2.C5H5BrN2.3CH4/c1-16-4-2-11(3-5-16)13(17)7-10-6-12(14)9-15-8-10;1-8-4-2-6(3-5-8)7(9)10;6-4-1-5(7)3-8-2-4;;;/h6,8-9,11H,2-5,7H2,1H3;6H,2-5H2,1H3,(H,9,10);1-3H,7H2;3*1H4. The lowest BCUT2D eigenvalue weighted by Crippen LogP contribution is -2.34. The predicted octanol–water partition coefficient (Wildman–Crippen LogP) is 6.04. The highest BCUT2D eigenvalue weighted by atomic mass is 79.9. The number of piperidine rings is 2. The summed E-state index contributed by atoms with van der Waals surface area (Å²) in [5, 5.41) is 8.61. The molecule has 3 N–H and O–H groups in total. The lowest BCUT2D eigenvalue weighted by atomic mass is 9.90. The van der Waals surface area contributed by atoms with Gasteiger partial charge in [0.25, 0.3) is 0 Å². The van der Waals surface area contributed by atoms with Gasteiger partial charge in [-0.25, -0.2) is 0 Å². The Kier molecular flexibility index (Phi) is 20.2. The first-order valence-corrected chi connectivity index (χ1v) is 13.3. The molecular weight excluding hydrogens is 614 g/mol. The molecule has 2 aliphatic rings. The van der Waals surface area contributed by atoms with E-state index in [2.05, 4.69) is 58.7 Å². The first kappa shape index (κ1) is 38.3. The maximum Gasteiger partial charge on any atom is 0.306 e. The monoisotopic (exact) mass is 659 g/mol. The van der Waals surface area contributed by atoms with E-state index in [0.29, 0.717) is 17.9 Å². The fraction of sp³-hybridized carbons (Fsp3) is 0.571. The number of nitrogen functional groups attached to an aromatic ring is 1. The molecule has 2 aromatic rings. The Hall–Kier alpha value is -1.88. The van der Waals surface area contributed by atoms with Crippen LogP contribution in [0.3, 0.4) is 0 Å². The van der Waals surface area contributed by atoms with Crippen LogP contribution in [-0.4, -0.2) is 76.9 Å². The van der Waals surface area contributed by atoms with Gasteiger partial charge in [-0.2, -0.15) is 0 Å². The number of carboxylic acid groups (broad SMARTS) is 1. The number of carbonyl (C=O) groups excluding carboxylic acids is 1. The van der Waals surface area contributed by atoms with Gasteiger partial charge in [-0.3, -0.25) is 19.6 Å². The maximum atomic E-state index is 12.1. The average Bonchev–Trinajstić information content (AvgIpc) is 2.80. The van der Waals surface area contributed by atoms with Crippen LogP contribution < -0.4 is 5.73 Å². The van der Waals surface area contributed by atoms with Crippen LogP contribution in [0.5, 0.6) is 0 Å². The fourth-order valence-corrected chi connectivity index (χ4v) is 4.71. The van der Waals surface area contributed by atoms with E-state index < -0.39 is 5.97 Å². The average molecular weight is 662 g/mol. The first-order chi connectivity index (χ1) is 16.6. The Labute approximate surface area is 246 Å². The van der Waals surface area contributed by atoms with Crippen LogP contribution in [0.15, 0.2) is 45.9 Å². The zero-order valence-corrected chi connectivity index (χ0v) is 23.5. The molecule has 0 atom stereocenters. The number of hydrogen-bond donors (Lipinski definition) is 2. The van der Waals surface area contributed by atoms with Crippen LogP contribution in [-0.2, 0) is 16.0 Å². The van der Waals surface area contributed by atoms with E-state index >= 15 is 0 Å². The highest BCUT2D eigenvalue weighted by molar-refractivity contribution is 9.10. The van der Waals surface area contributed by atoms with Gasteiger partial charge < -0.3 is 20.6 Å². The van der Waals surface area contributed by atoms with Crippen molar-refractivity contribution in [3.8, 4) is 0 Å². The molecule has 0 spiro atoms. The number of nitrogens with zero attached hydrogens (tertiary/aromatic N) is 4. The van der Waals surface area contributed by atoms with Crippen LogP contribution in [0.4, 0.5) is 5.69 Å². The van der Waals surface area contributed by atoms with Gasteiger partial charge in [0.1, 0.15) is 5.78 Å². The minimum absolute atomic E-state index is 0. The smallest absolute Gasteiger partial charge is 0.306 e. The fourth-order valence-electron chi connectivity index (χ4n) is 3.91. The second-order valence-electron chi connectivity index (χ2n) is 9.08. The van der Waals surface area contributed by atoms with Gasteiger partial charge in [0.15, 0.2) is 0 Å². The van der Waals surface area contributed by atoms with Gasteiger partial charge in [-0.15, -0.1) is 0 Å². The molecule has 2 saturated heterocycles. The number of halogens is 2. The number of ketones is 1. The Bertz CT molecular complexity index is 930. The van der Waals surface area contributed by atoms with Crippen molar-refractivity contribution in [3.63, 3.8) is 0 Å². The molecule has 2 aromatic heterocycles. The van der Waals surface area contributed by atoms with E-state index in [4.69, 9.17) is 10.8 Å². The van der Waals surface area contributed by atoms with Gasteiger partial charge in [0, 0.05) is 46.1 Å². The second kappa shape index (κ2) is 20.1. The predicted molar refractivity (Wildman–Crippen MR) is 165 cm³/mol. The normalized spacial score (nSPS) is 16.1. The number of carboxylic acids is 1. The van der Waals surface area contributed by atoms with Gasteiger partial charge in [0.05, 0.1) is 11.6 Å². The number of nitrogens with two attached hydrogens (primary N) is 1. The van der Waals surface area contributed by atoms with Gasteiger partial charge in [-0.05, 0) is 116 Å². The van der Waals surface area contributed by atoms with Crippen molar-refractivity contribution in [3.05, 3.63) is 51.4 Å². The molecule has 0 bridgehead atoms. The minimum Gasteiger partial charge on any atom is -0.481 e. The number of carbonyl (C=O) groups is 2. The summed E-state index contributed by atoms with van der Waals surface area (Å²) in [6.07, 6.45) is 10.9. The number of hydrogen-bond acceptors (Lipinski definition) is 7. The van der Waals surface area contributed by atoms with Crippen LogP contribution in [0.1, 0.15) is 53.5 Å². The minimum atomic E-state index is -0.631. The van der Waals surface area contributed by atoms with Gasteiger partial charge >= 0.3 is 5.97 Å². The summed E-state index contributed by atoms with van der Waals surface area (Å²) in [6, 6.07) is 3.77. The summed E-state index contributed by atoms with van der Waals surface area (Å²) in [7, 11) is 4.14. The van der Waals surface area contributed by atoms with E-state index in [-0.39, 0.29) is 34.1 Å². The van der Waals surface area contributed by atoms with Crippen LogP contribution in [0.2, 0.25) is 0 Å². The second-order valence-corrected chi connectivity index (χ2v) is 10.9. The molecule has 4 heterocycles. The molecule has 10 heteroatoms. The molecule has 0 aliphatic carbocycles. The summed E-state index contributed by atoms with van der Waals surface area (Å²) in [6.45, 7) is 3.92. The highest BCUT2D eigenvalue weighted by Gasteiger charge is 2.23. The third-order valence-corrected chi connectivity index (χ3v) is 6.97. The van der Waals surface area contributed by atoms with E-state index in [1.165, 1.54) is 0 Å². The molecule has 2 aliphatic heterocycles. The molecule has 0 aromatic carbocycles. The Morgan fingerprint density at radius 1 is 0.842 bits per heavy atom. The van der Waals surface area contributed by atoms with Crippen LogP contribution >= 0.6 is 31.9 Å². The molecule has 0 saturated carbocycles. The molecule has 0 amide bonds. The quantitative estimate of drug-likeness (QED) is 0.408. The summed E-state index contributed by atoms with van der Waals surface area (Å²) in [5.74, 6) is -0.118. The van der Waals surface area contributed by atoms with E-state index in [0.717, 1.165) is 66.4 Å². The third kappa shape index (κ3) is 14.9. The van der Waals surface area contributed by atoms with Crippen molar-refractivity contribution >= 4 is 49.3 Å². The van der Waals surface area contributed by atoms with Gasteiger partial charge in [-0.1, -0.05) is 22.3 Å². The number of aliphatic carboxylic acids is 1. The number of Topliss-reactive ketones (excluding diaryl/α,β-unsaturated/α-hetero) is 1. The molecule has 0 radical (unpaired) electrons. The van der Waals surface area contributed by atoms with E-state index in [9.17, 15) is 9.59 Å². The van der Waals surface area contributed by atoms with Crippen LogP contribution in [0, 0.1) is 11.8 Å². The zero-order valence-electron chi connectivity index (χ0n) is 20.4. The molecule has 4 rings (SSSR count). The zero-order chi connectivity index (χ0) is 25.8. The largest absolute Gasteiger partial charge is 0.481 e. The lowest BCUT2D eigenvalue weighted by molar-refractivity contribution is -0.143. The van der Waals surface area contributed by atoms with E-state index in [1.54, 1.807) is 30.9 Å². The molecular formula is C28H47Br2N5O3. The van der Waals surface area contributed by atoms with Crippen molar-refractivity contribution in [2.24, 2.45) is 11.8 Å². The number of pyridine rings is 2. The SMILES string of the molecule is C.C.C.CN1CCC(C(=O)Cc2cncc(Br)c2)CC1.CN1CCC(C(=O)O)CC1.Nc1cncc(Br)c1. The first-order valence-electron chi connectivity index (χ1n) is 11.7. The molecule has 216 valence electrons. The van der Waals surface area contributed by atoms with Crippen molar-refractivity contribution in [1.29, 1.82) is 0 Å². The maximum absolute atomic E-state index is 12.1. The molecule has 8 nitrogen and oxygen atoms in total. The number of anilines is 1. The molecule has 0 unspecified atom stereocenters. The molecule has 38 heavy (non-hydrogen) atoms. The Morgan fingerprint density at radius 3 is 1.68 bits per heavy atom. The number of aromatic nitrogens is 2. The lowest BCUT2D eigenvalue weighted by Gasteiger charge is -2.27. The van der Waals surface area contributed by atoms with Gasteiger partial charge in [0.2, 0.25) is 0 Å². The highest BCUT2D eigenvalue weighted by Crippen LogP contribution is 2.20. The third-order valence-electron chi connectivity index (χ3n) is 6.11. The Morgan fingerprint density at radius 2 is 1.29 bits per heavy atom. The van der Waals surface area contributed by atoms with Crippen molar-refractivity contribution in [2.45, 2.75) is 54.4 Å². The van der Waals surface area contributed by atoms with Crippen LogP contribution in [0.25, 0.3) is 0 Å². The molecule has 2 fully saturated rings. The summed E-state index contributed by atoms with van der Waals surface area (Å²) >= 11 is 6.60. The topological polar surface area (TPSA) is 113 Å².